The second-order valence-corrected chi connectivity index (χ2v) is 6.32. The average Bonchev–Trinajstić information content (AvgIpc) is 2.68. The SMILES string of the molecule is CCCCOc1cc(NC(C)=O)c(NC(=O)C=Cc2ccccc2)cc1C(=O)O. The first kappa shape index (κ1) is 21.7. The minimum Gasteiger partial charge on any atom is -0.493 e. The molecule has 0 aromatic heterocycles. The van der Waals surface area contributed by atoms with Gasteiger partial charge in [-0.1, -0.05) is 43.7 Å². The van der Waals surface area contributed by atoms with Crippen LogP contribution in [0.2, 0.25) is 0 Å². The van der Waals surface area contributed by atoms with E-state index in [0.29, 0.717) is 6.61 Å². The zero-order valence-electron chi connectivity index (χ0n) is 16.4. The van der Waals surface area contributed by atoms with E-state index in [1.165, 1.54) is 25.1 Å². The number of rotatable bonds is 9. The van der Waals surface area contributed by atoms with E-state index in [2.05, 4.69) is 10.6 Å². The van der Waals surface area contributed by atoms with Gasteiger partial charge >= 0.3 is 5.97 Å². The standard InChI is InChI=1S/C22H24N2O5/c1-3-4-12-29-20-14-19(23-15(2)25)18(13-17(20)22(27)28)24-21(26)11-10-16-8-6-5-7-9-16/h5-11,13-14H,3-4,12H2,1-2H3,(H,23,25)(H,24,26)(H,27,28). The molecule has 2 amide bonds. The summed E-state index contributed by atoms with van der Waals surface area (Å²) in [6.45, 7) is 3.66. The predicted octanol–water partition coefficient (Wildman–Crippen LogP) is 4.17. The normalized spacial score (nSPS) is 10.6. The van der Waals surface area contributed by atoms with Crippen molar-refractivity contribution in [2.24, 2.45) is 0 Å². The van der Waals surface area contributed by atoms with Crippen LogP contribution in [0.4, 0.5) is 11.4 Å². The summed E-state index contributed by atoms with van der Waals surface area (Å²) in [5, 5.41) is 14.7. The summed E-state index contributed by atoms with van der Waals surface area (Å²) in [6.07, 6.45) is 4.62. The van der Waals surface area contributed by atoms with Crippen LogP contribution in [0.25, 0.3) is 6.08 Å². The molecule has 0 bridgehead atoms. The molecule has 2 aromatic rings. The molecule has 29 heavy (non-hydrogen) atoms. The van der Waals surface area contributed by atoms with Crippen LogP contribution in [0, 0.1) is 0 Å². The van der Waals surface area contributed by atoms with Gasteiger partial charge in [0.15, 0.2) is 0 Å². The molecule has 0 unspecified atom stereocenters. The summed E-state index contributed by atoms with van der Waals surface area (Å²) in [5.74, 6) is -1.88. The summed E-state index contributed by atoms with van der Waals surface area (Å²) in [5.41, 5.74) is 1.17. The Labute approximate surface area is 169 Å². The first-order chi connectivity index (χ1) is 13.9. The minimum atomic E-state index is -1.19. The Bertz CT molecular complexity index is 907. The van der Waals surface area contributed by atoms with Crippen LogP contribution in [0.15, 0.2) is 48.5 Å². The largest absolute Gasteiger partial charge is 0.493 e. The average molecular weight is 396 g/mol. The Balaban J connectivity index is 2.31. The molecular formula is C22H24N2O5. The highest BCUT2D eigenvalue weighted by Gasteiger charge is 2.18. The van der Waals surface area contributed by atoms with Crippen molar-refractivity contribution in [2.75, 3.05) is 17.2 Å². The molecule has 0 spiro atoms. The highest BCUT2D eigenvalue weighted by atomic mass is 16.5. The van der Waals surface area contributed by atoms with E-state index >= 15 is 0 Å². The van der Waals surface area contributed by atoms with E-state index in [0.717, 1.165) is 18.4 Å². The molecule has 2 rings (SSSR count). The first-order valence-corrected chi connectivity index (χ1v) is 9.26. The maximum Gasteiger partial charge on any atom is 0.339 e. The molecule has 2 aromatic carbocycles. The molecule has 0 saturated heterocycles. The van der Waals surface area contributed by atoms with E-state index in [1.54, 1.807) is 6.08 Å². The number of hydrogen-bond acceptors (Lipinski definition) is 4. The maximum atomic E-state index is 12.3. The molecule has 3 N–H and O–H groups in total. The van der Waals surface area contributed by atoms with Crippen molar-refractivity contribution in [2.45, 2.75) is 26.7 Å². The van der Waals surface area contributed by atoms with Gasteiger partial charge < -0.3 is 20.5 Å². The number of carboxylic acids is 1. The Hall–Kier alpha value is -3.61. The van der Waals surface area contributed by atoms with E-state index in [9.17, 15) is 19.5 Å². The quantitative estimate of drug-likeness (QED) is 0.436. The highest BCUT2D eigenvalue weighted by molar-refractivity contribution is 6.07. The van der Waals surface area contributed by atoms with Gasteiger partial charge in [0.1, 0.15) is 11.3 Å². The van der Waals surface area contributed by atoms with Crippen LogP contribution in [0.3, 0.4) is 0 Å². The lowest BCUT2D eigenvalue weighted by atomic mass is 10.1. The number of carbonyl (C=O) groups is 3. The number of carboxylic acid groups (broad SMARTS) is 1. The molecule has 0 heterocycles. The van der Waals surface area contributed by atoms with Gasteiger partial charge in [0.05, 0.1) is 18.0 Å². The molecule has 0 fully saturated rings. The number of benzene rings is 2. The predicted molar refractivity (Wildman–Crippen MR) is 112 cm³/mol. The Morgan fingerprint density at radius 3 is 2.38 bits per heavy atom. The third kappa shape index (κ3) is 6.80. The van der Waals surface area contributed by atoms with Crippen molar-refractivity contribution in [3.8, 4) is 5.75 Å². The Morgan fingerprint density at radius 2 is 1.76 bits per heavy atom. The number of hydrogen-bond donors (Lipinski definition) is 3. The molecule has 0 aliphatic carbocycles. The fraction of sp³-hybridized carbons (Fsp3) is 0.227. The molecule has 0 radical (unpaired) electrons. The summed E-state index contributed by atoms with van der Waals surface area (Å²) < 4.78 is 5.57. The number of aromatic carboxylic acids is 1. The number of carbonyl (C=O) groups excluding carboxylic acids is 2. The third-order valence-electron chi connectivity index (χ3n) is 3.90. The molecule has 7 nitrogen and oxygen atoms in total. The number of anilines is 2. The van der Waals surface area contributed by atoms with Crippen molar-refractivity contribution in [3.05, 3.63) is 59.7 Å². The van der Waals surface area contributed by atoms with Crippen LogP contribution < -0.4 is 15.4 Å². The van der Waals surface area contributed by atoms with Gasteiger partial charge in [0.2, 0.25) is 11.8 Å². The number of unbranched alkanes of at least 4 members (excludes halogenated alkanes) is 1. The molecule has 7 heteroatoms. The smallest absolute Gasteiger partial charge is 0.339 e. The van der Waals surface area contributed by atoms with Gasteiger partial charge in [-0.3, -0.25) is 9.59 Å². The maximum absolute atomic E-state index is 12.3. The lowest BCUT2D eigenvalue weighted by Crippen LogP contribution is -2.15. The molecule has 152 valence electrons. The van der Waals surface area contributed by atoms with Crippen molar-refractivity contribution in [1.82, 2.24) is 0 Å². The fourth-order valence-corrected chi connectivity index (χ4v) is 2.50. The van der Waals surface area contributed by atoms with E-state index in [-0.39, 0.29) is 28.6 Å². The second-order valence-electron chi connectivity index (χ2n) is 6.32. The molecule has 0 aliphatic rings. The zero-order chi connectivity index (χ0) is 21.2. The minimum absolute atomic E-state index is 0.0995. The van der Waals surface area contributed by atoms with Gasteiger partial charge in [-0.05, 0) is 24.1 Å². The number of nitrogens with one attached hydrogen (secondary N) is 2. The Morgan fingerprint density at radius 1 is 1.07 bits per heavy atom. The molecule has 0 saturated carbocycles. The Kier molecular flexibility index (Phi) is 7.97. The van der Waals surface area contributed by atoms with Gasteiger partial charge in [0, 0.05) is 19.1 Å². The lowest BCUT2D eigenvalue weighted by Gasteiger charge is -2.16. The number of amides is 2. The van der Waals surface area contributed by atoms with Crippen LogP contribution in [-0.2, 0) is 9.59 Å². The lowest BCUT2D eigenvalue weighted by molar-refractivity contribution is -0.114. The summed E-state index contributed by atoms with van der Waals surface area (Å²) in [6, 6.07) is 12.0. The second kappa shape index (κ2) is 10.7. The summed E-state index contributed by atoms with van der Waals surface area (Å²) >= 11 is 0. The van der Waals surface area contributed by atoms with Gasteiger partial charge in [-0.15, -0.1) is 0 Å². The van der Waals surface area contributed by atoms with Crippen LogP contribution in [0.5, 0.6) is 5.75 Å². The number of ether oxygens (including phenoxy) is 1. The monoisotopic (exact) mass is 396 g/mol. The third-order valence-corrected chi connectivity index (χ3v) is 3.90. The first-order valence-electron chi connectivity index (χ1n) is 9.26. The van der Waals surface area contributed by atoms with Gasteiger partial charge in [-0.2, -0.15) is 0 Å². The zero-order valence-corrected chi connectivity index (χ0v) is 16.4. The van der Waals surface area contributed by atoms with E-state index in [1.807, 2.05) is 37.3 Å². The summed E-state index contributed by atoms with van der Waals surface area (Å²) in [7, 11) is 0. The molecular weight excluding hydrogens is 372 g/mol. The molecule has 0 aliphatic heterocycles. The van der Waals surface area contributed by atoms with Crippen molar-refractivity contribution in [3.63, 3.8) is 0 Å². The van der Waals surface area contributed by atoms with Gasteiger partial charge in [0.25, 0.3) is 0 Å². The van der Waals surface area contributed by atoms with E-state index < -0.39 is 11.9 Å². The van der Waals surface area contributed by atoms with Crippen molar-refractivity contribution < 1.29 is 24.2 Å². The van der Waals surface area contributed by atoms with Crippen LogP contribution >= 0.6 is 0 Å². The van der Waals surface area contributed by atoms with Crippen molar-refractivity contribution >= 4 is 35.2 Å². The van der Waals surface area contributed by atoms with Crippen molar-refractivity contribution in [1.29, 1.82) is 0 Å². The molecule has 0 atom stereocenters. The summed E-state index contributed by atoms with van der Waals surface area (Å²) in [4.78, 5) is 35.5. The fourth-order valence-electron chi connectivity index (χ4n) is 2.50. The topological polar surface area (TPSA) is 105 Å². The van der Waals surface area contributed by atoms with Crippen LogP contribution in [-0.4, -0.2) is 29.5 Å². The van der Waals surface area contributed by atoms with Gasteiger partial charge in [-0.25, -0.2) is 4.79 Å². The van der Waals surface area contributed by atoms with Crippen LogP contribution in [0.1, 0.15) is 42.6 Å². The van der Waals surface area contributed by atoms with E-state index in [4.69, 9.17) is 4.74 Å². The highest BCUT2D eigenvalue weighted by Crippen LogP contribution is 2.32.